The highest BCUT2D eigenvalue weighted by Crippen LogP contribution is 2.18. The molecule has 0 aliphatic heterocycles. The monoisotopic (exact) mass is 289 g/mol. The molecule has 2 nitrogen and oxygen atoms in total. The second kappa shape index (κ2) is 7.32. The van der Waals surface area contributed by atoms with Gasteiger partial charge >= 0.3 is 0 Å². The molecule has 0 fully saturated rings. The molecule has 106 valence electrons. The van der Waals surface area contributed by atoms with Crippen LogP contribution in [0.5, 0.6) is 5.75 Å². The Morgan fingerprint density at radius 2 is 1.75 bits per heavy atom. The third-order valence-electron chi connectivity index (χ3n) is 3.03. The topological polar surface area (TPSA) is 12.5 Å². The van der Waals surface area contributed by atoms with E-state index in [1.54, 1.807) is 0 Å². The fraction of sp³-hybridized carbons (Fsp3) is 0.294. The van der Waals surface area contributed by atoms with Crippen LogP contribution in [0.1, 0.15) is 11.1 Å². The summed E-state index contributed by atoms with van der Waals surface area (Å²) in [6.45, 7) is 1.62. The van der Waals surface area contributed by atoms with E-state index in [1.165, 1.54) is 11.1 Å². The van der Waals surface area contributed by atoms with Crippen LogP contribution in [0.3, 0.4) is 0 Å². The third-order valence-corrected chi connectivity index (χ3v) is 3.28. The molecule has 0 bridgehead atoms. The molecule has 0 amide bonds. The average molecular weight is 290 g/mol. The van der Waals surface area contributed by atoms with Crippen molar-refractivity contribution < 1.29 is 4.74 Å². The zero-order valence-corrected chi connectivity index (χ0v) is 12.7. The van der Waals surface area contributed by atoms with Crippen LogP contribution >= 0.6 is 11.6 Å². The molecule has 3 heteroatoms. The highest BCUT2D eigenvalue weighted by molar-refractivity contribution is 6.30. The molecule has 0 spiro atoms. The Morgan fingerprint density at radius 1 is 1.00 bits per heavy atom. The van der Waals surface area contributed by atoms with Crippen molar-refractivity contribution in [3.63, 3.8) is 0 Å². The number of likely N-dealkylation sites (N-methyl/N-ethyl adjacent to an activating group) is 1. The molecule has 0 saturated carbocycles. The Balaban J connectivity index is 1.96. The number of hydrogen-bond acceptors (Lipinski definition) is 2. The lowest BCUT2D eigenvalue weighted by molar-refractivity contribution is 0.261. The summed E-state index contributed by atoms with van der Waals surface area (Å²) in [5, 5.41) is 0.773. The summed E-state index contributed by atoms with van der Waals surface area (Å²) >= 11 is 5.90. The third kappa shape index (κ3) is 4.87. The second-order valence-electron chi connectivity index (χ2n) is 5.10. The van der Waals surface area contributed by atoms with E-state index >= 15 is 0 Å². The Labute approximate surface area is 125 Å². The molecule has 2 rings (SSSR count). The number of rotatable bonds is 6. The van der Waals surface area contributed by atoms with Gasteiger partial charge in [-0.25, -0.2) is 0 Å². The minimum atomic E-state index is 0.706. The van der Waals surface area contributed by atoms with Gasteiger partial charge in [0.1, 0.15) is 12.4 Å². The molecule has 0 unspecified atom stereocenters. The van der Waals surface area contributed by atoms with Crippen molar-refractivity contribution >= 4 is 11.6 Å². The Hall–Kier alpha value is -1.51. The predicted octanol–water partition coefficient (Wildman–Crippen LogP) is 3.87. The van der Waals surface area contributed by atoms with Gasteiger partial charge in [-0.05, 0) is 55.9 Å². The van der Waals surface area contributed by atoms with Gasteiger partial charge in [0, 0.05) is 11.6 Å². The van der Waals surface area contributed by atoms with Crippen LogP contribution in [0.15, 0.2) is 48.5 Å². The summed E-state index contributed by atoms with van der Waals surface area (Å²) < 4.78 is 5.75. The first-order valence-electron chi connectivity index (χ1n) is 6.74. The van der Waals surface area contributed by atoms with Crippen molar-refractivity contribution in [1.82, 2.24) is 4.90 Å². The summed E-state index contributed by atoms with van der Waals surface area (Å²) in [4.78, 5) is 2.11. The minimum absolute atomic E-state index is 0.706. The maximum absolute atomic E-state index is 5.90. The van der Waals surface area contributed by atoms with Gasteiger partial charge in [0.15, 0.2) is 0 Å². The molecule has 20 heavy (non-hydrogen) atoms. The molecule has 0 aliphatic rings. The Kier molecular flexibility index (Phi) is 5.45. The summed E-state index contributed by atoms with van der Waals surface area (Å²) in [6, 6.07) is 16.2. The van der Waals surface area contributed by atoms with Crippen molar-refractivity contribution in [2.45, 2.75) is 6.42 Å². The van der Waals surface area contributed by atoms with Gasteiger partial charge in [-0.15, -0.1) is 0 Å². The van der Waals surface area contributed by atoms with E-state index in [-0.39, 0.29) is 0 Å². The first-order chi connectivity index (χ1) is 9.63. The summed E-state index contributed by atoms with van der Waals surface area (Å²) in [5.41, 5.74) is 2.49. The summed E-state index contributed by atoms with van der Waals surface area (Å²) in [6.07, 6.45) is 0.891. The van der Waals surface area contributed by atoms with E-state index in [2.05, 4.69) is 29.2 Å². The second-order valence-corrected chi connectivity index (χ2v) is 5.54. The number of hydrogen-bond donors (Lipinski definition) is 0. The van der Waals surface area contributed by atoms with Gasteiger partial charge in [0.05, 0.1) is 0 Å². The van der Waals surface area contributed by atoms with Crippen LogP contribution in [0, 0.1) is 0 Å². The number of benzene rings is 2. The van der Waals surface area contributed by atoms with E-state index in [1.807, 2.05) is 38.4 Å². The van der Waals surface area contributed by atoms with Crippen molar-refractivity contribution in [2.75, 3.05) is 27.2 Å². The predicted molar refractivity (Wildman–Crippen MR) is 84.7 cm³/mol. The van der Waals surface area contributed by atoms with Crippen molar-refractivity contribution in [2.24, 2.45) is 0 Å². The molecule has 0 radical (unpaired) electrons. The van der Waals surface area contributed by atoms with E-state index in [0.717, 1.165) is 23.7 Å². The van der Waals surface area contributed by atoms with Crippen LogP contribution in [0.25, 0.3) is 0 Å². The summed E-state index contributed by atoms with van der Waals surface area (Å²) in [5.74, 6) is 0.929. The molecule has 0 N–H and O–H groups in total. The van der Waals surface area contributed by atoms with Gasteiger partial charge in [0.25, 0.3) is 0 Å². The summed E-state index contributed by atoms with van der Waals surface area (Å²) in [7, 11) is 4.08. The largest absolute Gasteiger partial charge is 0.492 e. The van der Waals surface area contributed by atoms with Gasteiger partial charge in [-0.3, -0.25) is 0 Å². The van der Waals surface area contributed by atoms with Crippen LogP contribution in [-0.4, -0.2) is 32.1 Å². The van der Waals surface area contributed by atoms with Crippen molar-refractivity contribution in [1.29, 1.82) is 0 Å². The Bertz CT molecular complexity index is 537. The van der Waals surface area contributed by atoms with E-state index < -0.39 is 0 Å². The Morgan fingerprint density at radius 3 is 2.45 bits per heavy atom. The highest BCUT2D eigenvalue weighted by Gasteiger charge is 2.00. The van der Waals surface area contributed by atoms with Crippen LogP contribution in [0.4, 0.5) is 0 Å². The fourth-order valence-corrected chi connectivity index (χ4v) is 2.06. The molecular weight excluding hydrogens is 270 g/mol. The lowest BCUT2D eigenvalue weighted by atomic mass is 10.1. The van der Waals surface area contributed by atoms with Gasteiger partial charge in [-0.1, -0.05) is 35.9 Å². The van der Waals surface area contributed by atoms with Gasteiger partial charge < -0.3 is 9.64 Å². The molecular formula is C17H20ClNO. The first kappa shape index (κ1) is 14.9. The quantitative estimate of drug-likeness (QED) is 0.800. The first-order valence-corrected chi connectivity index (χ1v) is 7.12. The van der Waals surface area contributed by atoms with Crippen LogP contribution in [-0.2, 0) is 6.42 Å². The zero-order chi connectivity index (χ0) is 14.4. The van der Waals surface area contributed by atoms with E-state index in [4.69, 9.17) is 16.3 Å². The molecule has 0 saturated heterocycles. The molecule has 0 aromatic heterocycles. The van der Waals surface area contributed by atoms with Crippen molar-refractivity contribution in [3.8, 4) is 5.75 Å². The standard InChI is InChI=1S/C17H20ClNO/c1-19(2)10-11-20-17-5-3-4-15(13-17)12-14-6-8-16(18)9-7-14/h3-9,13H,10-12H2,1-2H3. The van der Waals surface area contributed by atoms with E-state index in [9.17, 15) is 0 Å². The smallest absolute Gasteiger partial charge is 0.119 e. The normalized spacial score (nSPS) is 10.8. The lowest BCUT2D eigenvalue weighted by Crippen LogP contribution is -2.19. The number of halogens is 1. The maximum atomic E-state index is 5.90. The van der Waals surface area contributed by atoms with E-state index in [0.29, 0.717) is 6.61 Å². The molecule has 0 aliphatic carbocycles. The molecule has 0 atom stereocenters. The number of ether oxygens (including phenoxy) is 1. The SMILES string of the molecule is CN(C)CCOc1cccc(Cc2ccc(Cl)cc2)c1. The fourth-order valence-electron chi connectivity index (χ4n) is 1.93. The molecule has 2 aromatic rings. The maximum Gasteiger partial charge on any atom is 0.119 e. The minimum Gasteiger partial charge on any atom is -0.492 e. The van der Waals surface area contributed by atoms with Gasteiger partial charge in [-0.2, -0.15) is 0 Å². The average Bonchev–Trinajstić information content (AvgIpc) is 2.41. The zero-order valence-electron chi connectivity index (χ0n) is 12.0. The van der Waals surface area contributed by atoms with Crippen LogP contribution in [0.2, 0.25) is 5.02 Å². The van der Waals surface area contributed by atoms with Gasteiger partial charge in [0.2, 0.25) is 0 Å². The highest BCUT2D eigenvalue weighted by atomic mass is 35.5. The lowest BCUT2D eigenvalue weighted by Gasteiger charge is -2.11. The molecule has 0 heterocycles. The van der Waals surface area contributed by atoms with Crippen LogP contribution < -0.4 is 4.74 Å². The van der Waals surface area contributed by atoms with Crippen molar-refractivity contribution in [3.05, 3.63) is 64.7 Å². The molecule has 2 aromatic carbocycles. The number of nitrogens with zero attached hydrogens (tertiary/aromatic N) is 1.